The molecule has 1 saturated carbocycles. The molecule has 1 atom stereocenters. The van der Waals surface area contributed by atoms with Gasteiger partial charge in [0.25, 0.3) is 0 Å². The van der Waals surface area contributed by atoms with Crippen molar-refractivity contribution in [1.82, 2.24) is 10.2 Å². The standard InChI is InChI=1S/C13H26N2.ClH/c1-14-9-13-7-8-15(11-13)10-12-5-3-2-4-6-12;/h12-14H,2-11H2,1H3;1H. The Morgan fingerprint density at radius 1 is 1.06 bits per heavy atom. The number of rotatable bonds is 4. The van der Waals surface area contributed by atoms with Gasteiger partial charge in [0, 0.05) is 13.1 Å². The fraction of sp³-hybridized carbons (Fsp3) is 1.00. The van der Waals surface area contributed by atoms with Crippen molar-refractivity contribution in [1.29, 1.82) is 0 Å². The molecule has 1 aliphatic heterocycles. The predicted octanol–water partition coefficient (Wildman–Crippen LogP) is 2.53. The van der Waals surface area contributed by atoms with Gasteiger partial charge in [-0.05, 0) is 51.2 Å². The van der Waals surface area contributed by atoms with Crippen molar-refractivity contribution in [2.45, 2.75) is 38.5 Å². The molecule has 2 fully saturated rings. The summed E-state index contributed by atoms with van der Waals surface area (Å²) in [6, 6.07) is 0. The maximum Gasteiger partial charge on any atom is 0.00224 e. The van der Waals surface area contributed by atoms with E-state index < -0.39 is 0 Å². The highest BCUT2D eigenvalue weighted by atomic mass is 35.5. The van der Waals surface area contributed by atoms with E-state index in [0.717, 1.165) is 11.8 Å². The SMILES string of the molecule is CNCC1CCN(CC2CCCCC2)C1.Cl. The second-order valence-electron chi connectivity index (χ2n) is 5.48. The zero-order valence-electron chi connectivity index (χ0n) is 10.6. The number of nitrogens with one attached hydrogen (secondary N) is 1. The highest BCUT2D eigenvalue weighted by molar-refractivity contribution is 5.85. The van der Waals surface area contributed by atoms with Crippen LogP contribution in [-0.2, 0) is 0 Å². The molecule has 2 aliphatic rings. The minimum atomic E-state index is 0. The lowest BCUT2D eigenvalue weighted by molar-refractivity contribution is 0.228. The number of likely N-dealkylation sites (tertiary alicyclic amines) is 1. The molecule has 2 rings (SSSR count). The van der Waals surface area contributed by atoms with Crippen LogP contribution in [0.5, 0.6) is 0 Å². The average Bonchev–Trinajstić information content (AvgIpc) is 2.68. The van der Waals surface area contributed by atoms with E-state index in [1.807, 2.05) is 0 Å². The Bertz CT molecular complexity index is 181. The number of hydrogen-bond donors (Lipinski definition) is 1. The van der Waals surface area contributed by atoms with Crippen LogP contribution in [0.4, 0.5) is 0 Å². The third-order valence-corrected chi connectivity index (χ3v) is 4.10. The molecular weight excluding hydrogens is 220 g/mol. The summed E-state index contributed by atoms with van der Waals surface area (Å²) in [5.74, 6) is 1.94. The monoisotopic (exact) mass is 246 g/mol. The van der Waals surface area contributed by atoms with Crippen molar-refractivity contribution in [3.63, 3.8) is 0 Å². The number of nitrogens with zero attached hydrogens (tertiary/aromatic N) is 1. The Morgan fingerprint density at radius 2 is 1.81 bits per heavy atom. The molecule has 0 aromatic heterocycles. The van der Waals surface area contributed by atoms with Gasteiger partial charge in [0.05, 0.1) is 0 Å². The summed E-state index contributed by atoms with van der Waals surface area (Å²) in [7, 11) is 2.07. The molecule has 96 valence electrons. The van der Waals surface area contributed by atoms with Gasteiger partial charge in [-0.3, -0.25) is 0 Å². The van der Waals surface area contributed by atoms with Gasteiger partial charge in [0.15, 0.2) is 0 Å². The van der Waals surface area contributed by atoms with Gasteiger partial charge in [0.1, 0.15) is 0 Å². The van der Waals surface area contributed by atoms with Crippen LogP contribution in [-0.4, -0.2) is 38.1 Å². The van der Waals surface area contributed by atoms with Gasteiger partial charge in [-0.2, -0.15) is 0 Å². The minimum Gasteiger partial charge on any atom is -0.319 e. The van der Waals surface area contributed by atoms with E-state index in [1.165, 1.54) is 64.7 Å². The Hall–Kier alpha value is 0.210. The maximum atomic E-state index is 3.31. The molecule has 0 spiro atoms. The van der Waals surface area contributed by atoms with Crippen molar-refractivity contribution in [3.8, 4) is 0 Å². The first-order chi connectivity index (χ1) is 7.38. The van der Waals surface area contributed by atoms with Crippen molar-refractivity contribution >= 4 is 12.4 Å². The second-order valence-corrected chi connectivity index (χ2v) is 5.48. The van der Waals surface area contributed by atoms with Crippen molar-refractivity contribution < 1.29 is 0 Å². The number of halogens is 1. The predicted molar refractivity (Wildman–Crippen MR) is 72.3 cm³/mol. The summed E-state index contributed by atoms with van der Waals surface area (Å²) in [5, 5.41) is 3.31. The summed E-state index contributed by atoms with van der Waals surface area (Å²) in [5.41, 5.74) is 0. The molecular formula is C13H27ClN2. The van der Waals surface area contributed by atoms with Crippen LogP contribution in [0.3, 0.4) is 0 Å². The summed E-state index contributed by atoms with van der Waals surface area (Å²) in [6.45, 7) is 5.29. The van der Waals surface area contributed by atoms with Crippen LogP contribution in [0.15, 0.2) is 0 Å². The normalized spacial score (nSPS) is 27.9. The minimum absolute atomic E-state index is 0. The third-order valence-electron chi connectivity index (χ3n) is 4.10. The summed E-state index contributed by atoms with van der Waals surface area (Å²) >= 11 is 0. The molecule has 1 saturated heterocycles. The molecule has 1 aliphatic carbocycles. The van der Waals surface area contributed by atoms with E-state index in [1.54, 1.807) is 0 Å². The number of hydrogen-bond acceptors (Lipinski definition) is 2. The smallest absolute Gasteiger partial charge is 0.00224 e. The molecule has 0 bridgehead atoms. The molecule has 1 N–H and O–H groups in total. The third kappa shape index (κ3) is 4.23. The molecule has 0 radical (unpaired) electrons. The lowest BCUT2D eigenvalue weighted by Gasteiger charge is -2.26. The van der Waals surface area contributed by atoms with Crippen LogP contribution in [0.1, 0.15) is 38.5 Å². The highest BCUT2D eigenvalue weighted by Crippen LogP contribution is 2.26. The topological polar surface area (TPSA) is 15.3 Å². The zero-order valence-corrected chi connectivity index (χ0v) is 11.4. The highest BCUT2D eigenvalue weighted by Gasteiger charge is 2.24. The first-order valence-corrected chi connectivity index (χ1v) is 6.75. The van der Waals surface area contributed by atoms with E-state index in [9.17, 15) is 0 Å². The largest absolute Gasteiger partial charge is 0.319 e. The fourth-order valence-electron chi connectivity index (χ4n) is 3.27. The van der Waals surface area contributed by atoms with E-state index in [0.29, 0.717) is 0 Å². The lowest BCUT2D eigenvalue weighted by atomic mass is 9.89. The molecule has 0 aromatic rings. The first-order valence-electron chi connectivity index (χ1n) is 6.75. The summed E-state index contributed by atoms with van der Waals surface area (Å²) in [6.07, 6.45) is 8.85. The molecule has 0 aromatic carbocycles. The molecule has 1 unspecified atom stereocenters. The van der Waals surface area contributed by atoms with E-state index >= 15 is 0 Å². The van der Waals surface area contributed by atoms with Crippen molar-refractivity contribution in [2.24, 2.45) is 11.8 Å². The van der Waals surface area contributed by atoms with Crippen molar-refractivity contribution in [2.75, 3.05) is 33.2 Å². The Kier molecular flexibility index (Phi) is 6.71. The molecule has 1 heterocycles. The quantitative estimate of drug-likeness (QED) is 0.820. The maximum absolute atomic E-state index is 3.31. The van der Waals surface area contributed by atoms with E-state index in [4.69, 9.17) is 0 Å². The fourth-order valence-corrected chi connectivity index (χ4v) is 3.27. The van der Waals surface area contributed by atoms with Crippen LogP contribution in [0.25, 0.3) is 0 Å². The van der Waals surface area contributed by atoms with Crippen molar-refractivity contribution in [3.05, 3.63) is 0 Å². The summed E-state index contributed by atoms with van der Waals surface area (Å²) in [4.78, 5) is 2.71. The lowest BCUT2D eigenvalue weighted by Crippen LogP contribution is -2.30. The van der Waals surface area contributed by atoms with Gasteiger partial charge in [-0.15, -0.1) is 12.4 Å². The zero-order chi connectivity index (χ0) is 10.5. The van der Waals surface area contributed by atoms with Crippen LogP contribution in [0.2, 0.25) is 0 Å². The van der Waals surface area contributed by atoms with E-state index in [2.05, 4.69) is 17.3 Å². The Labute approximate surface area is 107 Å². The van der Waals surface area contributed by atoms with Gasteiger partial charge < -0.3 is 10.2 Å². The van der Waals surface area contributed by atoms with Gasteiger partial charge in [-0.1, -0.05) is 19.3 Å². The van der Waals surface area contributed by atoms with Crippen LogP contribution in [0, 0.1) is 11.8 Å². The molecule has 2 nitrogen and oxygen atoms in total. The second kappa shape index (κ2) is 7.52. The molecule has 3 heteroatoms. The van der Waals surface area contributed by atoms with Gasteiger partial charge >= 0.3 is 0 Å². The van der Waals surface area contributed by atoms with Crippen LogP contribution >= 0.6 is 12.4 Å². The van der Waals surface area contributed by atoms with E-state index in [-0.39, 0.29) is 12.4 Å². The molecule has 16 heavy (non-hydrogen) atoms. The average molecular weight is 247 g/mol. The van der Waals surface area contributed by atoms with Gasteiger partial charge in [0.2, 0.25) is 0 Å². The first kappa shape index (κ1) is 14.3. The van der Waals surface area contributed by atoms with Crippen LogP contribution < -0.4 is 5.32 Å². The Balaban J connectivity index is 0.00000128. The Morgan fingerprint density at radius 3 is 2.50 bits per heavy atom. The molecule has 0 amide bonds. The van der Waals surface area contributed by atoms with Gasteiger partial charge in [-0.25, -0.2) is 0 Å². The summed E-state index contributed by atoms with van der Waals surface area (Å²) < 4.78 is 0.